The summed E-state index contributed by atoms with van der Waals surface area (Å²) in [6, 6.07) is 13.4. The van der Waals surface area contributed by atoms with Crippen LogP contribution in [0.1, 0.15) is 15.9 Å². The molecule has 26 heavy (non-hydrogen) atoms. The van der Waals surface area contributed by atoms with E-state index in [4.69, 9.17) is 9.47 Å². The minimum Gasteiger partial charge on any atom is -0.497 e. The summed E-state index contributed by atoms with van der Waals surface area (Å²) in [5.41, 5.74) is 2.74. The van der Waals surface area contributed by atoms with E-state index in [1.165, 1.54) is 17.3 Å². The molecule has 0 saturated carbocycles. The number of benzene rings is 2. The standard InChI is InChI=1S/C20H20N2O3S/c1-14-5-4-6-15(11-14)22-10-9-21-20(22)26-13-18(23)17-8-7-16(24-2)12-19(17)25-3/h4-12H,13H2,1-3H3. The maximum absolute atomic E-state index is 12.6. The minimum absolute atomic E-state index is 0.0201. The molecule has 0 aliphatic heterocycles. The van der Waals surface area contributed by atoms with Gasteiger partial charge in [-0.05, 0) is 36.8 Å². The molecule has 0 spiro atoms. The van der Waals surface area contributed by atoms with Crippen LogP contribution in [0.2, 0.25) is 0 Å². The normalized spacial score (nSPS) is 10.6. The fourth-order valence-electron chi connectivity index (χ4n) is 2.61. The summed E-state index contributed by atoms with van der Waals surface area (Å²) in [5.74, 6) is 1.41. The number of hydrogen-bond acceptors (Lipinski definition) is 5. The van der Waals surface area contributed by atoms with Gasteiger partial charge in [0.05, 0.1) is 25.5 Å². The van der Waals surface area contributed by atoms with E-state index >= 15 is 0 Å². The predicted octanol–water partition coefficient (Wildman–Crippen LogP) is 4.17. The highest BCUT2D eigenvalue weighted by Crippen LogP contribution is 2.27. The van der Waals surface area contributed by atoms with E-state index < -0.39 is 0 Å². The van der Waals surface area contributed by atoms with Crippen LogP contribution in [-0.4, -0.2) is 35.3 Å². The number of aryl methyl sites for hydroxylation is 1. The molecule has 0 atom stereocenters. The average molecular weight is 368 g/mol. The zero-order valence-corrected chi connectivity index (χ0v) is 15.7. The van der Waals surface area contributed by atoms with Crippen molar-refractivity contribution in [2.24, 2.45) is 0 Å². The maximum atomic E-state index is 12.6. The first-order valence-corrected chi connectivity index (χ1v) is 9.09. The first-order chi connectivity index (χ1) is 12.6. The maximum Gasteiger partial charge on any atom is 0.176 e. The van der Waals surface area contributed by atoms with Crippen molar-refractivity contribution in [1.82, 2.24) is 9.55 Å². The Kier molecular flexibility index (Phi) is 5.63. The Labute approximate surface area is 157 Å². The van der Waals surface area contributed by atoms with Crippen molar-refractivity contribution in [3.63, 3.8) is 0 Å². The van der Waals surface area contributed by atoms with Crippen molar-refractivity contribution >= 4 is 17.5 Å². The molecule has 0 aliphatic rings. The Bertz CT molecular complexity index is 921. The van der Waals surface area contributed by atoms with E-state index in [2.05, 4.69) is 11.1 Å². The zero-order chi connectivity index (χ0) is 18.5. The summed E-state index contributed by atoms with van der Waals surface area (Å²) in [6.45, 7) is 2.05. The summed E-state index contributed by atoms with van der Waals surface area (Å²) in [6.07, 6.45) is 3.64. The molecule has 134 valence electrons. The number of ether oxygens (including phenoxy) is 2. The second-order valence-corrected chi connectivity index (χ2v) is 6.64. The Morgan fingerprint density at radius 2 is 2.00 bits per heavy atom. The first-order valence-electron chi connectivity index (χ1n) is 8.11. The van der Waals surface area contributed by atoms with Crippen molar-refractivity contribution in [3.05, 3.63) is 66.0 Å². The van der Waals surface area contributed by atoms with Crippen LogP contribution in [0.25, 0.3) is 5.69 Å². The molecule has 1 aromatic heterocycles. The number of ketones is 1. The number of carbonyl (C=O) groups is 1. The van der Waals surface area contributed by atoms with Gasteiger partial charge in [0.2, 0.25) is 0 Å². The predicted molar refractivity (Wildman–Crippen MR) is 103 cm³/mol. The van der Waals surface area contributed by atoms with Gasteiger partial charge >= 0.3 is 0 Å². The Balaban J connectivity index is 1.76. The number of aromatic nitrogens is 2. The van der Waals surface area contributed by atoms with Gasteiger partial charge in [0, 0.05) is 24.1 Å². The van der Waals surface area contributed by atoms with Crippen LogP contribution in [0.3, 0.4) is 0 Å². The van der Waals surface area contributed by atoms with Gasteiger partial charge in [0.1, 0.15) is 11.5 Å². The number of imidazole rings is 1. The molecule has 6 heteroatoms. The molecule has 0 bridgehead atoms. The lowest BCUT2D eigenvalue weighted by molar-refractivity contribution is 0.101. The third-order valence-corrected chi connectivity index (χ3v) is 4.89. The van der Waals surface area contributed by atoms with Gasteiger partial charge in [-0.2, -0.15) is 0 Å². The van der Waals surface area contributed by atoms with Gasteiger partial charge in [-0.15, -0.1) is 0 Å². The summed E-state index contributed by atoms with van der Waals surface area (Å²) < 4.78 is 12.5. The third-order valence-electron chi connectivity index (χ3n) is 3.93. The number of hydrogen-bond donors (Lipinski definition) is 0. The minimum atomic E-state index is -0.0201. The SMILES string of the molecule is COc1ccc(C(=O)CSc2nccn2-c2cccc(C)c2)c(OC)c1. The highest BCUT2D eigenvalue weighted by Gasteiger charge is 2.15. The number of nitrogens with zero attached hydrogens (tertiary/aromatic N) is 2. The molecule has 0 N–H and O–H groups in total. The smallest absolute Gasteiger partial charge is 0.176 e. The Morgan fingerprint density at radius 3 is 2.73 bits per heavy atom. The second-order valence-electron chi connectivity index (χ2n) is 5.70. The highest BCUT2D eigenvalue weighted by molar-refractivity contribution is 7.99. The lowest BCUT2D eigenvalue weighted by Gasteiger charge is -2.10. The average Bonchev–Trinajstić information content (AvgIpc) is 3.14. The third kappa shape index (κ3) is 3.91. The molecule has 0 aliphatic carbocycles. The van der Waals surface area contributed by atoms with E-state index in [1.54, 1.807) is 38.6 Å². The first kappa shape index (κ1) is 18.1. The van der Waals surface area contributed by atoms with Crippen LogP contribution >= 0.6 is 11.8 Å². The van der Waals surface area contributed by atoms with E-state index in [0.29, 0.717) is 17.1 Å². The molecular formula is C20H20N2O3S. The number of rotatable bonds is 7. The van der Waals surface area contributed by atoms with Gasteiger partial charge in [-0.3, -0.25) is 9.36 Å². The van der Waals surface area contributed by atoms with E-state index in [-0.39, 0.29) is 11.5 Å². The van der Waals surface area contributed by atoms with Crippen molar-refractivity contribution in [1.29, 1.82) is 0 Å². The molecule has 5 nitrogen and oxygen atoms in total. The summed E-state index contributed by atoms with van der Waals surface area (Å²) in [7, 11) is 3.13. The van der Waals surface area contributed by atoms with Crippen molar-refractivity contribution in [2.75, 3.05) is 20.0 Å². The van der Waals surface area contributed by atoms with E-state index in [1.807, 2.05) is 35.9 Å². The molecular weight excluding hydrogens is 348 g/mol. The van der Waals surface area contributed by atoms with Crippen LogP contribution in [0.15, 0.2) is 60.0 Å². The number of Topliss-reactive ketones (excluding diaryl/α,β-unsaturated/α-hetero) is 1. The van der Waals surface area contributed by atoms with Crippen molar-refractivity contribution < 1.29 is 14.3 Å². The van der Waals surface area contributed by atoms with Gasteiger partial charge in [-0.25, -0.2) is 4.98 Å². The molecule has 1 heterocycles. The largest absolute Gasteiger partial charge is 0.497 e. The lowest BCUT2D eigenvalue weighted by atomic mass is 10.1. The van der Waals surface area contributed by atoms with Crippen LogP contribution < -0.4 is 9.47 Å². The summed E-state index contributed by atoms with van der Waals surface area (Å²) in [5, 5.41) is 0.774. The summed E-state index contributed by atoms with van der Waals surface area (Å²) >= 11 is 1.40. The Hall–Kier alpha value is -2.73. The fraction of sp³-hybridized carbons (Fsp3) is 0.200. The summed E-state index contributed by atoms with van der Waals surface area (Å²) in [4.78, 5) is 17.0. The lowest BCUT2D eigenvalue weighted by Crippen LogP contribution is -2.06. The molecule has 2 aromatic carbocycles. The monoisotopic (exact) mass is 368 g/mol. The molecule has 0 unspecified atom stereocenters. The zero-order valence-electron chi connectivity index (χ0n) is 14.9. The quantitative estimate of drug-likeness (QED) is 0.463. The number of methoxy groups -OCH3 is 2. The van der Waals surface area contributed by atoms with Gasteiger partial charge < -0.3 is 9.47 Å². The molecule has 0 fully saturated rings. The van der Waals surface area contributed by atoms with Crippen LogP contribution in [-0.2, 0) is 0 Å². The van der Waals surface area contributed by atoms with Crippen LogP contribution in [0.4, 0.5) is 0 Å². The highest BCUT2D eigenvalue weighted by atomic mass is 32.2. The van der Waals surface area contributed by atoms with Gasteiger partial charge in [-0.1, -0.05) is 23.9 Å². The Morgan fingerprint density at radius 1 is 1.15 bits per heavy atom. The molecule has 0 saturated heterocycles. The van der Waals surface area contributed by atoms with Crippen molar-refractivity contribution in [3.8, 4) is 17.2 Å². The van der Waals surface area contributed by atoms with E-state index in [0.717, 1.165) is 10.8 Å². The van der Waals surface area contributed by atoms with Crippen molar-refractivity contribution in [2.45, 2.75) is 12.1 Å². The molecule has 3 rings (SSSR count). The van der Waals surface area contributed by atoms with Crippen LogP contribution in [0.5, 0.6) is 11.5 Å². The second kappa shape index (κ2) is 8.10. The fourth-order valence-corrected chi connectivity index (χ4v) is 3.46. The van der Waals surface area contributed by atoms with Crippen LogP contribution in [0, 0.1) is 6.92 Å². The van der Waals surface area contributed by atoms with E-state index in [9.17, 15) is 4.79 Å². The molecule has 0 amide bonds. The topological polar surface area (TPSA) is 53.3 Å². The molecule has 3 aromatic rings. The number of carbonyl (C=O) groups excluding carboxylic acids is 1. The van der Waals surface area contributed by atoms with Gasteiger partial charge in [0.25, 0.3) is 0 Å². The number of thioether (sulfide) groups is 1. The van der Waals surface area contributed by atoms with Gasteiger partial charge in [0.15, 0.2) is 10.9 Å². The molecule has 0 radical (unpaired) electrons.